The van der Waals surface area contributed by atoms with E-state index >= 15 is 0 Å². The van der Waals surface area contributed by atoms with Crippen LogP contribution in [0.2, 0.25) is 0 Å². The lowest BCUT2D eigenvalue weighted by Crippen LogP contribution is -2.25. The van der Waals surface area contributed by atoms with E-state index in [4.69, 9.17) is 16.3 Å². The van der Waals surface area contributed by atoms with Crippen LogP contribution in [0.4, 0.5) is 0 Å². The molecule has 274 valence electrons. The second-order valence-corrected chi connectivity index (χ2v) is 13.6. The van der Waals surface area contributed by atoms with Crippen LogP contribution in [0.1, 0.15) is 239 Å². The van der Waals surface area contributed by atoms with Crippen molar-refractivity contribution in [3.63, 3.8) is 0 Å². The Kier molecular flexibility index (Phi) is 30.2. The molecule has 0 aromatic rings. The maximum absolute atomic E-state index is 12.3. The standard InChI is InChI=1S/C41H80O5/c1-3-5-7-9-11-13-15-17-19-21-23-25-27-29-31-33-35-40(43)45-37-39(42)38-46-41(44)36-34-32-30-28-26-24-22-20-18-16-14-12-10-8-6-4-2/h39,42H,3-38H2,1-2H3/i37D2,38D2,39D. The topological polar surface area (TPSA) is 72.8 Å². The Morgan fingerprint density at radius 1 is 0.435 bits per heavy atom. The van der Waals surface area contributed by atoms with Gasteiger partial charge in [-0.2, -0.15) is 0 Å². The molecule has 0 amide bonds. The van der Waals surface area contributed by atoms with Gasteiger partial charge in [-0.15, -0.1) is 0 Å². The number of carbonyl (C=O) groups is 2. The highest BCUT2D eigenvalue weighted by atomic mass is 16.6. The number of esters is 2. The van der Waals surface area contributed by atoms with Crippen LogP contribution in [0.25, 0.3) is 0 Å². The van der Waals surface area contributed by atoms with Crippen molar-refractivity contribution in [2.45, 2.75) is 238 Å². The first-order valence-corrected chi connectivity index (χ1v) is 20.1. The lowest BCUT2D eigenvalue weighted by Gasteiger charge is -2.12. The van der Waals surface area contributed by atoms with Crippen LogP contribution in [0.15, 0.2) is 0 Å². The zero-order valence-electron chi connectivity index (χ0n) is 35.6. The first-order chi connectivity index (χ1) is 24.4. The van der Waals surface area contributed by atoms with Gasteiger partial charge in [0.05, 0.1) is 6.85 Å². The van der Waals surface area contributed by atoms with Gasteiger partial charge in [-0.05, 0) is 12.8 Å². The largest absolute Gasteiger partial charge is 0.463 e. The summed E-state index contributed by atoms with van der Waals surface area (Å²) < 4.78 is 49.2. The molecule has 5 nitrogen and oxygen atoms in total. The molecule has 5 heteroatoms. The van der Waals surface area contributed by atoms with Crippen LogP contribution < -0.4 is 0 Å². The summed E-state index contributed by atoms with van der Waals surface area (Å²) in [7, 11) is 0. The van der Waals surface area contributed by atoms with Crippen LogP contribution in [0.3, 0.4) is 0 Å². The van der Waals surface area contributed by atoms with Gasteiger partial charge < -0.3 is 14.6 Å². The van der Waals surface area contributed by atoms with Crippen molar-refractivity contribution < 1.29 is 31.0 Å². The fraction of sp³-hybridized carbons (Fsp3) is 0.951. The molecule has 0 heterocycles. The quantitative estimate of drug-likeness (QED) is 0.0528. The van der Waals surface area contributed by atoms with Crippen molar-refractivity contribution in [2.75, 3.05) is 13.1 Å². The minimum atomic E-state index is -3.64. The van der Waals surface area contributed by atoms with Crippen molar-refractivity contribution in [3.05, 3.63) is 0 Å². The van der Waals surface area contributed by atoms with Gasteiger partial charge in [-0.25, -0.2) is 0 Å². The molecule has 0 fully saturated rings. The predicted octanol–water partition coefficient (Wildman–Crippen LogP) is 12.7. The minimum Gasteiger partial charge on any atom is -0.463 e. The van der Waals surface area contributed by atoms with E-state index in [0.29, 0.717) is 12.8 Å². The monoisotopic (exact) mass is 658 g/mol. The number of hydrogen-bond acceptors (Lipinski definition) is 5. The summed E-state index contributed by atoms with van der Waals surface area (Å²) in [5.74, 6) is -1.93. The second-order valence-electron chi connectivity index (χ2n) is 13.6. The Hall–Kier alpha value is -1.10. The van der Waals surface area contributed by atoms with E-state index < -0.39 is 31.1 Å². The molecule has 0 unspecified atom stereocenters. The smallest absolute Gasteiger partial charge is 0.305 e. The average molecular weight is 658 g/mol. The maximum atomic E-state index is 12.3. The van der Waals surface area contributed by atoms with Crippen molar-refractivity contribution in [3.8, 4) is 0 Å². The molecule has 0 aliphatic carbocycles. The highest BCUT2D eigenvalue weighted by Crippen LogP contribution is 2.16. The van der Waals surface area contributed by atoms with Crippen molar-refractivity contribution >= 4 is 11.9 Å². The number of hydrogen-bond donors (Lipinski definition) is 1. The normalized spacial score (nSPS) is 13.8. The lowest BCUT2D eigenvalue weighted by molar-refractivity contribution is -0.152. The van der Waals surface area contributed by atoms with Gasteiger partial charge in [-0.3, -0.25) is 9.59 Å². The Morgan fingerprint density at radius 2 is 0.630 bits per heavy atom. The number of carbonyl (C=O) groups excluding carboxylic acids is 2. The zero-order valence-corrected chi connectivity index (χ0v) is 30.6. The molecular formula is C41H80O5. The zero-order chi connectivity index (χ0) is 38.1. The molecule has 0 aliphatic heterocycles. The van der Waals surface area contributed by atoms with Crippen LogP contribution in [-0.2, 0) is 19.1 Å². The highest BCUT2D eigenvalue weighted by molar-refractivity contribution is 5.69. The van der Waals surface area contributed by atoms with Crippen LogP contribution in [0, 0.1) is 0 Å². The van der Waals surface area contributed by atoms with Crippen molar-refractivity contribution in [2.24, 2.45) is 0 Å². The Bertz CT molecular complexity index is 760. The summed E-state index contributed by atoms with van der Waals surface area (Å²) >= 11 is 0. The van der Waals surface area contributed by atoms with E-state index in [1.807, 2.05) is 0 Å². The molecule has 0 atom stereocenters. The summed E-state index contributed by atoms with van der Waals surface area (Å²) in [6, 6.07) is 0. The SMILES string of the molecule is [2H]C([2H])(OC(=O)CCCCCCCCCCCCCCCCCC)C([2H])(O)C([2H])([2H])OC(=O)CCCCCCCCCCCCCCCCCC. The fourth-order valence-electron chi connectivity index (χ4n) is 5.97. The summed E-state index contributed by atoms with van der Waals surface area (Å²) in [6.07, 6.45) is 34.1. The van der Waals surface area contributed by atoms with E-state index in [0.717, 1.165) is 51.4 Å². The van der Waals surface area contributed by atoms with E-state index in [-0.39, 0.29) is 12.8 Å². The van der Waals surface area contributed by atoms with E-state index in [2.05, 4.69) is 13.8 Å². The molecule has 0 aromatic heterocycles. The third-order valence-electron chi connectivity index (χ3n) is 8.99. The summed E-state index contributed by atoms with van der Waals surface area (Å²) in [6.45, 7) is -2.34. The van der Waals surface area contributed by atoms with Crippen LogP contribution in [-0.4, -0.2) is 36.2 Å². The fourth-order valence-corrected chi connectivity index (χ4v) is 5.97. The molecule has 0 aromatic carbocycles. The first kappa shape index (κ1) is 36.2. The molecule has 1 N–H and O–H groups in total. The molecule has 0 rings (SSSR count). The average Bonchev–Trinajstić information content (AvgIpc) is 3.07. The molecular weight excluding hydrogens is 572 g/mol. The third kappa shape index (κ3) is 37.4. The van der Waals surface area contributed by atoms with E-state index in [1.54, 1.807) is 0 Å². The van der Waals surface area contributed by atoms with Crippen LogP contribution >= 0.6 is 0 Å². The maximum Gasteiger partial charge on any atom is 0.305 e. The highest BCUT2D eigenvalue weighted by Gasteiger charge is 2.12. The first-order valence-electron chi connectivity index (χ1n) is 22.6. The van der Waals surface area contributed by atoms with Gasteiger partial charge in [0.15, 0.2) is 0 Å². The molecule has 0 saturated carbocycles. The summed E-state index contributed by atoms with van der Waals surface area (Å²) in [5, 5.41) is 10.5. The van der Waals surface area contributed by atoms with Gasteiger partial charge in [0, 0.05) is 12.8 Å². The lowest BCUT2D eigenvalue weighted by atomic mass is 10.0. The third-order valence-corrected chi connectivity index (χ3v) is 8.99. The van der Waals surface area contributed by atoms with Crippen LogP contribution in [0.5, 0.6) is 0 Å². The molecule has 0 radical (unpaired) electrons. The summed E-state index contributed by atoms with van der Waals surface area (Å²) in [5.41, 5.74) is 0. The summed E-state index contributed by atoms with van der Waals surface area (Å²) in [4.78, 5) is 24.6. The van der Waals surface area contributed by atoms with Gasteiger partial charge in [-0.1, -0.05) is 206 Å². The number of ether oxygens (including phenoxy) is 2. The molecule has 0 saturated heterocycles. The molecule has 0 spiro atoms. The number of unbranched alkanes of at least 4 members (excludes halogenated alkanes) is 30. The number of aliphatic hydroxyl groups is 1. The van der Waals surface area contributed by atoms with Crippen molar-refractivity contribution in [1.82, 2.24) is 0 Å². The molecule has 0 aliphatic rings. The van der Waals surface area contributed by atoms with E-state index in [1.165, 1.54) is 141 Å². The molecule has 0 bridgehead atoms. The number of rotatable bonds is 38. The van der Waals surface area contributed by atoms with Gasteiger partial charge in [0.2, 0.25) is 0 Å². The van der Waals surface area contributed by atoms with E-state index in [9.17, 15) is 14.7 Å². The predicted molar refractivity (Wildman–Crippen MR) is 196 cm³/mol. The Morgan fingerprint density at radius 3 is 0.848 bits per heavy atom. The molecule has 46 heavy (non-hydrogen) atoms. The van der Waals surface area contributed by atoms with Crippen molar-refractivity contribution in [1.29, 1.82) is 0 Å². The van der Waals surface area contributed by atoms with Gasteiger partial charge >= 0.3 is 11.9 Å². The Balaban J connectivity index is 3.98. The van der Waals surface area contributed by atoms with Gasteiger partial charge in [0.25, 0.3) is 0 Å². The van der Waals surface area contributed by atoms with Gasteiger partial charge in [0.1, 0.15) is 19.2 Å². The Labute approximate surface area is 294 Å². The minimum absolute atomic E-state index is 0.101. The second kappa shape index (κ2) is 38.3.